The number of aldehydes is 1. The summed E-state index contributed by atoms with van der Waals surface area (Å²) < 4.78 is 40.1. The molecule has 1 aromatic heterocycles. The van der Waals surface area contributed by atoms with Gasteiger partial charge < -0.3 is 0 Å². The van der Waals surface area contributed by atoms with Crippen LogP contribution in [0.15, 0.2) is 36.4 Å². The highest BCUT2D eigenvalue weighted by Gasteiger charge is 2.31. The van der Waals surface area contributed by atoms with E-state index in [9.17, 15) is 18.0 Å². The summed E-state index contributed by atoms with van der Waals surface area (Å²) in [5.74, 6) is 0. The van der Waals surface area contributed by atoms with Crippen molar-refractivity contribution in [3.8, 4) is 0 Å². The maximum atomic E-state index is 12.9. The molecule has 0 amide bonds. The number of benzene rings is 2. The lowest BCUT2D eigenvalue weighted by atomic mass is 10.1. The molecule has 0 bridgehead atoms. The third-order valence-electron chi connectivity index (χ3n) is 3.55. The van der Waals surface area contributed by atoms with E-state index in [0.717, 1.165) is 12.1 Å². The van der Waals surface area contributed by atoms with Gasteiger partial charge in [-0.2, -0.15) is 18.3 Å². The van der Waals surface area contributed by atoms with E-state index < -0.39 is 11.7 Å². The van der Waals surface area contributed by atoms with Gasteiger partial charge in [0.25, 0.3) is 0 Å². The number of hydrogen-bond acceptors (Lipinski definition) is 2. The standard InChI is InChI=1S/C16H9Cl2F3N2O/c17-11-3-1-9(13(18)6-11)7-23-15-5-10(16(19,20)21)2-4-12(15)14(8-24)22-23/h1-6,8H,7H2. The molecule has 0 spiro atoms. The smallest absolute Gasteiger partial charge is 0.296 e. The zero-order chi connectivity index (χ0) is 17.5. The molecule has 0 saturated carbocycles. The first-order valence-corrected chi connectivity index (χ1v) is 7.52. The molecule has 124 valence electrons. The average molecular weight is 373 g/mol. The van der Waals surface area contributed by atoms with Crippen LogP contribution in [0.25, 0.3) is 10.9 Å². The van der Waals surface area contributed by atoms with Crippen molar-refractivity contribution < 1.29 is 18.0 Å². The molecule has 8 heteroatoms. The lowest BCUT2D eigenvalue weighted by molar-refractivity contribution is -0.137. The minimum atomic E-state index is -4.48. The third kappa shape index (κ3) is 3.12. The van der Waals surface area contributed by atoms with Crippen LogP contribution in [0, 0.1) is 0 Å². The highest BCUT2D eigenvalue weighted by atomic mass is 35.5. The first kappa shape index (κ1) is 16.8. The molecule has 3 rings (SSSR count). The van der Waals surface area contributed by atoms with Crippen LogP contribution in [0.3, 0.4) is 0 Å². The molecule has 1 heterocycles. The molecule has 0 N–H and O–H groups in total. The number of aromatic nitrogens is 2. The van der Waals surface area contributed by atoms with Gasteiger partial charge in [0.1, 0.15) is 5.69 Å². The number of fused-ring (bicyclic) bond motifs is 1. The fourth-order valence-corrected chi connectivity index (χ4v) is 2.86. The maximum absolute atomic E-state index is 12.9. The molecule has 0 aliphatic rings. The topological polar surface area (TPSA) is 34.9 Å². The number of hydrogen-bond donors (Lipinski definition) is 0. The summed E-state index contributed by atoms with van der Waals surface area (Å²) in [4.78, 5) is 11.1. The number of nitrogens with zero attached hydrogens (tertiary/aromatic N) is 2. The highest BCUT2D eigenvalue weighted by Crippen LogP contribution is 2.32. The minimum Gasteiger partial charge on any atom is -0.296 e. The van der Waals surface area contributed by atoms with Gasteiger partial charge >= 0.3 is 6.18 Å². The lowest BCUT2D eigenvalue weighted by Gasteiger charge is -2.09. The Hall–Kier alpha value is -2.05. The van der Waals surface area contributed by atoms with Gasteiger partial charge in [-0.05, 0) is 35.9 Å². The van der Waals surface area contributed by atoms with Crippen LogP contribution in [0.5, 0.6) is 0 Å². The van der Waals surface area contributed by atoms with E-state index in [0.29, 0.717) is 27.3 Å². The van der Waals surface area contributed by atoms with E-state index in [4.69, 9.17) is 23.2 Å². The van der Waals surface area contributed by atoms with Crippen molar-refractivity contribution in [1.82, 2.24) is 9.78 Å². The molecular weight excluding hydrogens is 364 g/mol. The molecular formula is C16H9Cl2F3N2O. The van der Waals surface area contributed by atoms with Gasteiger partial charge in [0.2, 0.25) is 0 Å². The van der Waals surface area contributed by atoms with Crippen LogP contribution in [0.1, 0.15) is 21.6 Å². The summed E-state index contributed by atoms with van der Waals surface area (Å²) in [6.45, 7) is 0.113. The largest absolute Gasteiger partial charge is 0.416 e. The normalized spacial score (nSPS) is 11.9. The Morgan fingerprint density at radius 2 is 1.88 bits per heavy atom. The molecule has 0 aliphatic carbocycles. The molecule has 0 saturated heterocycles. The van der Waals surface area contributed by atoms with Gasteiger partial charge in [0.15, 0.2) is 6.29 Å². The number of alkyl halides is 3. The van der Waals surface area contributed by atoms with Crippen LogP contribution >= 0.6 is 23.2 Å². The number of carbonyl (C=O) groups is 1. The summed E-state index contributed by atoms with van der Waals surface area (Å²) in [6, 6.07) is 7.96. The highest BCUT2D eigenvalue weighted by molar-refractivity contribution is 6.35. The molecule has 3 nitrogen and oxygen atoms in total. The van der Waals surface area contributed by atoms with E-state index in [2.05, 4.69) is 5.10 Å². The van der Waals surface area contributed by atoms with E-state index >= 15 is 0 Å². The Labute approximate surface area is 144 Å². The Morgan fingerprint density at radius 1 is 1.12 bits per heavy atom. The third-order valence-corrected chi connectivity index (χ3v) is 4.14. The lowest BCUT2D eigenvalue weighted by Crippen LogP contribution is -2.06. The zero-order valence-electron chi connectivity index (χ0n) is 11.9. The Kier molecular flexibility index (Phi) is 4.27. The average Bonchev–Trinajstić information content (AvgIpc) is 2.86. The van der Waals surface area contributed by atoms with E-state index in [1.807, 2.05) is 0 Å². The summed E-state index contributed by atoms with van der Waals surface area (Å²) in [7, 11) is 0. The maximum Gasteiger partial charge on any atom is 0.416 e. The van der Waals surface area contributed by atoms with Gasteiger partial charge in [-0.25, -0.2) is 0 Å². The molecule has 0 aliphatic heterocycles. The van der Waals surface area contributed by atoms with Crippen LogP contribution in [-0.2, 0) is 12.7 Å². The van der Waals surface area contributed by atoms with E-state index in [-0.39, 0.29) is 17.8 Å². The van der Waals surface area contributed by atoms with Crippen molar-refractivity contribution >= 4 is 40.4 Å². The first-order valence-electron chi connectivity index (χ1n) is 6.76. The van der Waals surface area contributed by atoms with Crippen molar-refractivity contribution in [3.63, 3.8) is 0 Å². The van der Waals surface area contributed by atoms with Gasteiger partial charge in [-0.3, -0.25) is 9.48 Å². The van der Waals surface area contributed by atoms with Crippen molar-refractivity contribution in [2.24, 2.45) is 0 Å². The van der Waals surface area contributed by atoms with Crippen LogP contribution in [-0.4, -0.2) is 16.1 Å². The van der Waals surface area contributed by atoms with E-state index in [1.54, 1.807) is 12.1 Å². The Bertz CT molecular complexity index is 935. The molecule has 0 radical (unpaired) electrons. The SMILES string of the molecule is O=Cc1nn(Cc2ccc(Cl)cc2Cl)c2cc(C(F)(F)F)ccc12. The van der Waals surface area contributed by atoms with Crippen molar-refractivity contribution in [1.29, 1.82) is 0 Å². The summed E-state index contributed by atoms with van der Waals surface area (Å²) in [6.07, 6.45) is -3.97. The summed E-state index contributed by atoms with van der Waals surface area (Å²) in [5.41, 5.74) is 0.0953. The van der Waals surface area contributed by atoms with Crippen LogP contribution in [0.4, 0.5) is 13.2 Å². The van der Waals surface area contributed by atoms with Crippen LogP contribution < -0.4 is 0 Å². The quantitative estimate of drug-likeness (QED) is 0.590. The van der Waals surface area contributed by atoms with Crippen molar-refractivity contribution in [2.45, 2.75) is 12.7 Å². The van der Waals surface area contributed by atoms with E-state index in [1.165, 1.54) is 16.8 Å². The molecule has 24 heavy (non-hydrogen) atoms. The van der Waals surface area contributed by atoms with Gasteiger partial charge in [-0.15, -0.1) is 0 Å². The molecule has 0 unspecified atom stereocenters. The van der Waals surface area contributed by atoms with Gasteiger partial charge in [-0.1, -0.05) is 29.3 Å². The predicted octanol–water partition coefficient (Wildman–Crippen LogP) is 5.22. The molecule has 0 fully saturated rings. The number of carbonyl (C=O) groups excluding carboxylic acids is 1. The Morgan fingerprint density at radius 3 is 2.50 bits per heavy atom. The van der Waals surface area contributed by atoms with Crippen LogP contribution in [0.2, 0.25) is 10.0 Å². The summed E-state index contributed by atoms with van der Waals surface area (Å²) >= 11 is 11.9. The fraction of sp³-hybridized carbons (Fsp3) is 0.125. The van der Waals surface area contributed by atoms with Gasteiger partial charge in [0.05, 0.1) is 17.6 Å². The first-order chi connectivity index (χ1) is 11.3. The summed E-state index contributed by atoms with van der Waals surface area (Å²) in [5, 5.41) is 5.24. The Balaban J connectivity index is 2.14. The number of rotatable bonds is 3. The predicted molar refractivity (Wildman–Crippen MR) is 85.7 cm³/mol. The molecule has 2 aromatic carbocycles. The second-order valence-corrected chi connectivity index (χ2v) is 5.97. The van der Waals surface area contributed by atoms with Crippen molar-refractivity contribution in [3.05, 3.63) is 63.3 Å². The molecule has 0 atom stereocenters. The monoisotopic (exact) mass is 372 g/mol. The zero-order valence-corrected chi connectivity index (χ0v) is 13.5. The van der Waals surface area contributed by atoms with Gasteiger partial charge in [0, 0.05) is 15.4 Å². The minimum absolute atomic E-state index is 0.0730. The number of halogens is 5. The van der Waals surface area contributed by atoms with Crippen molar-refractivity contribution in [2.75, 3.05) is 0 Å². The second kappa shape index (κ2) is 6.11. The second-order valence-electron chi connectivity index (χ2n) is 5.13. The molecule has 3 aromatic rings. The fourth-order valence-electron chi connectivity index (χ4n) is 2.39.